The Morgan fingerprint density at radius 1 is 1.00 bits per heavy atom. The van der Waals surface area contributed by atoms with Gasteiger partial charge < -0.3 is 9.80 Å². The molecule has 0 radical (unpaired) electrons. The van der Waals surface area contributed by atoms with E-state index in [1.54, 1.807) is 19.1 Å². The van der Waals surface area contributed by atoms with Crippen LogP contribution in [0.5, 0.6) is 0 Å². The number of piperazine rings is 1. The predicted octanol–water partition coefficient (Wildman–Crippen LogP) is 2.36. The molecule has 1 atom stereocenters. The number of fused-ring (bicyclic) bond motifs is 1. The van der Waals surface area contributed by atoms with Crippen molar-refractivity contribution in [3.05, 3.63) is 64.2 Å². The first-order valence-corrected chi connectivity index (χ1v) is 11.5. The lowest BCUT2D eigenvalue weighted by atomic mass is 10.0. The third-order valence-electron chi connectivity index (χ3n) is 6.93. The number of amides is 3. The fraction of sp³-hybridized carbons (Fsp3) is 0.400. The highest BCUT2D eigenvalue weighted by molar-refractivity contribution is 6.05. The standard InChI is InChI=1S/C25H26F2N4O3/c1-15-10-16(2-3-19(15)26)13-29-6-8-30(9-7-29)22-11-17-14-31(25(34)18(17)12-20(22)27)21-4-5-23(32)28-24(21)33/h2-3,10-12,21H,4-9,13-14H2,1H3,(H,28,32,33). The van der Waals surface area contributed by atoms with E-state index in [0.717, 1.165) is 18.7 Å². The third-order valence-corrected chi connectivity index (χ3v) is 6.93. The molecule has 3 amide bonds. The van der Waals surface area contributed by atoms with Gasteiger partial charge in [0.2, 0.25) is 11.8 Å². The van der Waals surface area contributed by atoms with E-state index in [9.17, 15) is 18.8 Å². The van der Waals surface area contributed by atoms with Gasteiger partial charge in [0.25, 0.3) is 5.91 Å². The zero-order valence-electron chi connectivity index (χ0n) is 18.9. The van der Waals surface area contributed by atoms with Crippen molar-refractivity contribution < 1.29 is 23.2 Å². The molecule has 1 unspecified atom stereocenters. The van der Waals surface area contributed by atoms with E-state index in [1.807, 2.05) is 11.0 Å². The molecule has 2 saturated heterocycles. The van der Waals surface area contributed by atoms with Crippen LogP contribution >= 0.6 is 0 Å². The molecule has 2 aromatic rings. The first-order valence-electron chi connectivity index (χ1n) is 11.5. The molecule has 9 heteroatoms. The third kappa shape index (κ3) is 4.16. The maximum atomic E-state index is 15.0. The summed E-state index contributed by atoms with van der Waals surface area (Å²) in [7, 11) is 0. The maximum absolute atomic E-state index is 15.0. The van der Waals surface area contributed by atoms with Crippen LogP contribution in [0, 0.1) is 18.6 Å². The number of aryl methyl sites for hydroxylation is 1. The van der Waals surface area contributed by atoms with E-state index in [1.165, 1.54) is 17.0 Å². The first-order chi connectivity index (χ1) is 16.3. The van der Waals surface area contributed by atoms with E-state index in [-0.39, 0.29) is 42.6 Å². The summed E-state index contributed by atoms with van der Waals surface area (Å²) in [6.07, 6.45) is 0.452. The highest BCUT2D eigenvalue weighted by Crippen LogP contribution is 2.33. The van der Waals surface area contributed by atoms with Crippen LogP contribution in [0.3, 0.4) is 0 Å². The van der Waals surface area contributed by atoms with Crippen molar-refractivity contribution in [2.24, 2.45) is 0 Å². The van der Waals surface area contributed by atoms with Gasteiger partial charge in [-0.05, 0) is 48.2 Å². The number of piperidine rings is 1. The summed E-state index contributed by atoms with van der Waals surface area (Å²) in [4.78, 5) is 42.2. The first kappa shape index (κ1) is 22.5. The summed E-state index contributed by atoms with van der Waals surface area (Å²) in [5.74, 6) is -1.87. The number of anilines is 1. The van der Waals surface area contributed by atoms with Crippen molar-refractivity contribution in [2.45, 2.75) is 38.9 Å². The summed E-state index contributed by atoms with van der Waals surface area (Å²) in [6, 6.07) is 7.40. The molecule has 0 saturated carbocycles. The molecule has 7 nitrogen and oxygen atoms in total. The summed E-state index contributed by atoms with van der Waals surface area (Å²) in [6.45, 7) is 5.39. The minimum absolute atomic E-state index is 0.178. The molecule has 34 heavy (non-hydrogen) atoms. The van der Waals surface area contributed by atoms with Gasteiger partial charge in [-0.1, -0.05) is 12.1 Å². The Balaban J connectivity index is 1.26. The molecule has 3 aliphatic heterocycles. The van der Waals surface area contributed by atoms with Crippen molar-refractivity contribution >= 4 is 23.4 Å². The summed E-state index contributed by atoms with van der Waals surface area (Å²) in [5.41, 5.74) is 3.08. The zero-order chi connectivity index (χ0) is 24.0. The summed E-state index contributed by atoms with van der Waals surface area (Å²) >= 11 is 0. The summed E-state index contributed by atoms with van der Waals surface area (Å²) < 4.78 is 28.6. The van der Waals surface area contributed by atoms with Gasteiger partial charge in [-0.2, -0.15) is 0 Å². The second-order valence-electron chi connectivity index (χ2n) is 9.21. The Labute approximate surface area is 196 Å². The van der Waals surface area contributed by atoms with Gasteiger partial charge in [-0.3, -0.25) is 24.6 Å². The van der Waals surface area contributed by atoms with Gasteiger partial charge >= 0.3 is 0 Å². The minimum Gasteiger partial charge on any atom is -0.367 e. The lowest BCUT2D eigenvalue weighted by molar-refractivity contribution is -0.136. The molecule has 2 aromatic carbocycles. The monoisotopic (exact) mass is 468 g/mol. The number of nitrogens with zero attached hydrogens (tertiary/aromatic N) is 3. The number of carbonyl (C=O) groups is 3. The average Bonchev–Trinajstić information content (AvgIpc) is 3.12. The van der Waals surface area contributed by atoms with Crippen LogP contribution < -0.4 is 10.2 Å². The average molecular weight is 469 g/mol. The number of benzene rings is 2. The topological polar surface area (TPSA) is 73.0 Å². The zero-order valence-corrected chi connectivity index (χ0v) is 18.9. The van der Waals surface area contributed by atoms with Crippen molar-refractivity contribution in [3.63, 3.8) is 0 Å². The van der Waals surface area contributed by atoms with E-state index in [4.69, 9.17) is 0 Å². The molecule has 178 valence electrons. The van der Waals surface area contributed by atoms with Crippen molar-refractivity contribution in [3.8, 4) is 0 Å². The van der Waals surface area contributed by atoms with Gasteiger partial charge in [0.05, 0.1) is 5.69 Å². The number of rotatable bonds is 4. The molecule has 1 N–H and O–H groups in total. The number of hydrogen-bond donors (Lipinski definition) is 1. The predicted molar refractivity (Wildman–Crippen MR) is 121 cm³/mol. The fourth-order valence-corrected chi connectivity index (χ4v) is 5.03. The Kier molecular flexibility index (Phi) is 5.81. The second-order valence-corrected chi connectivity index (χ2v) is 9.21. The quantitative estimate of drug-likeness (QED) is 0.698. The fourth-order valence-electron chi connectivity index (χ4n) is 5.03. The second kappa shape index (κ2) is 8.79. The van der Waals surface area contributed by atoms with Gasteiger partial charge in [0, 0.05) is 51.3 Å². The van der Waals surface area contributed by atoms with E-state index in [2.05, 4.69) is 10.2 Å². The minimum atomic E-state index is -0.720. The SMILES string of the molecule is Cc1cc(CN2CCN(c3cc4c(cc3F)C(=O)N(C3CCC(=O)NC3=O)C4)CC2)ccc1F. The largest absolute Gasteiger partial charge is 0.367 e. The summed E-state index contributed by atoms with van der Waals surface area (Å²) in [5, 5.41) is 2.28. The van der Waals surface area contributed by atoms with Gasteiger partial charge in [0.15, 0.2) is 0 Å². The number of imide groups is 1. The molecule has 2 fully saturated rings. The highest BCUT2D eigenvalue weighted by atomic mass is 19.1. The van der Waals surface area contributed by atoms with Gasteiger partial charge in [-0.15, -0.1) is 0 Å². The molecular weight excluding hydrogens is 442 g/mol. The van der Waals surface area contributed by atoms with E-state index >= 15 is 4.39 Å². The lowest BCUT2D eigenvalue weighted by Crippen LogP contribution is -2.52. The van der Waals surface area contributed by atoms with Crippen molar-refractivity contribution in [1.82, 2.24) is 15.1 Å². The molecule has 3 heterocycles. The molecule has 0 aliphatic carbocycles. The van der Waals surface area contributed by atoms with Crippen LogP contribution in [0.4, 0.5) is 14.5 Å². The molecule has 0 spiro atoms. The molecule has 0 aromatic heterocycles. The van der Waals surface area contributed by atoms with E-state index in [0.29, 0.717) is 36.4 Å². The van der Waals surface area contributed by atoms with Gasteiger partial charge in [-0.25, -0.2) is 8.78 Å². The van der Waals surface area contributed by atoms with Crippen LogP contribution in [-0.2, 0) is 22.7 Å². The highest BCUT2D eigenvalue weighted by Gasteiger charge is 2.39. The van der Waals surface area contributed by atoms with Crippen molar-refractivity contribution in [2.75, 3.05) is 31.1 Å². The molecule has 3 aliphatic rings. The van der Waals surface area contributed by atoms with E-state index < -0.39 is 17.8 Å². The molecular formula is C25H26F2N4O3. The van der Waals surface area contributed by atoms with Crippen LogP contribution in [-0.4, -0.2) is 59.7 Å². The molecule has 0 bridgehead atoms. The smallest absolute Gasteiger partial charge is 0.255 e. The van der Waals surface area contributed by atoms with Crippen LogP contribution in [0.2, 0.25) is 0 Å². The number of nitrogens with one attached hydrogen (secondary N) is 1. The Bertz CT molecular complexity index is 1180. The number of halogens is 2. The Hall–Kier alpha value is -3.33. The van der Waals surface area contributed by atoms with Gasteiger partial charge in [0.1, 0.15) is 17.7 Å². The molecule has 5 rings (SSSR count). The van der Waals surface area contributed by atoms with Crippen molar-refractivity contribution in [1.29, 1.82) is 0 Å². The van der Waals surface area contributed by atoms with Crippen LogP contribution in [0.1, 0.15) is 39.9 Å². The maximum Gasteiger partial charge on any atom is 0.255 e. The Morgan fingerprint density at radius 3 is 2.47 bits per heavy atom. The van der Waals surface area contributed by atoms with Crippen LogP contribution in [0.25, 0.3) is 0 Å². The van der Waals surface area contributed by atoms with Crippen LogP contribution in [0.15, 0.2) is 30.3 Å². The number of hydrogen-bond acceptors (Lipinski definition) is 5. The number of carbonyl (C=O) groups excluding carboxylic acids is 3. The Morgan fingerprint density at radius 2 is 1.76 bits per heavy atom. The normalized spacial score (nSPS) is 21.1. The lowest BCUT2D eigenvalue weighted by Gasteiger charge is -2.36.